The number of imide groups is 1. The zero-order chi connectivity index (χ0) is 27.0. The Balaban J connectivity index is 1.16. The summed E-state index contributed by atoms with van der Waals surface area (Å²) < 4.78 is 7.41. The lowest BCUT2D eigenvalue weighted by Gasteiger charge is -2.41. The molecule has 1 aliphatic carbocycles. The van der Waals surface area contributed by atoms with Crippen LogP contribution >= 0.6 is 0 Å². The summed E-state index contributed by atoms with van der Waals surface area (Å²) in [7, 11) is 1.93. The van der Waals surface area contributed by atoms with Gasteiger partial charge < -0.3 is 9.64 Å². The molecule has 8 heteroatoms. The molecule has 5 rings (SSSR count). The number of hydrogen-bond acceptors (Lipinski definition) is 6. The van der Waals surface area contributed by atoms with Crippen LogP contribution in [0.1, 0.15) is 102 Å². The predicted molar refractivity (Wildman–Crippen MR) is 146 cm³/mol. The number of fused-ring (bicyclic) bond motifs is 1. The van der Waals surface area contributed by atoms with E-state index in [2.05, 4.69) is 28.4 Å². The zero-order valence-electron chi connectivity index (χ0n) is 23.3. The van der Waals surface area contributed by atoms with Crippen molar-refractivity contribution in [3.05, 3.63) is 29.5 Å². The molecule has 206 valence electrons. The maximum atomic E-state index is 12.4. The molecular formula is C30H42N4O4. The number of aromatic nitrogens is 2. The second-order valence-corrected chi connectivity index (χ2v) is 12.6. The molecule has 1 unspecified atom stereocenters. The normalized spacial score (nSPS) is 25.9. The van der Waals surface area contributed by atoms with Gasteiger partial charge in [0.2, 0.25) is 11.8 Å². The van der Waals surface area contributed by atoms with Crippen LogP contribution in [0.25, 0.3) is 10.9 Å². The average molecular weight is 523 g/mol. The number of rotatable bonds is 5. The Kier molecular flexibility index (Phi) is 7.63. The van der Waals surface area contributed by atoms with Crippen molar-refractivity contribution in [2.75, 3.05) is 13.1 Å². The van der Waals surface area contributed by atoms with Crippen LogP contribution in [0.5, 0.6) is 0 Å². The van der Waals surface area contributed by atoms with Crippen LogP contribution in [0.4, 0.5) is 0 Å². The van der Waals surface area contributed by atoms with Gasteiger partial charge in [-0.05, 0) is 102 Å². The van der Waals surface area contributed by atoms with E-state index in [1.165, 1.54) is 18.4 Å². The minimum Gasteiger partial charge on any atom is -0.460 e. The quantitative estimate of drug-likeness (QED) is 0.457. The smallest absolute Gasteiger partial charge is 0.306 e. The summed E-state index contributed by atoms with van der Waals surface area (Å²) >= 11 is 0. The molecule has 3 aliphatic rings. The molecule has 3 fully saturated rings. The number of ether oxygens (including phenoxy) is 1. The molecule has 2 amide bonds. The van der Waals surface area contributed by atoms with Gasteiger partial charge in [-0.1, -0.05) is 12.1 Å². The first kappa shape index (κ1) is 26.9. The molecule has 8 nitrogen and oxygen atoms in total. The second-order valence-electron chi connectivity index (χ2n) is 12.6. The van der Waals surface area contributed by atoms with E-state index in [0.717, 1.165) is 55.4 Å². The van der Waals surface area contributed by atoms with E-state index in [1.54, 1.807) is 0 Å². The van der Waals surface area contributed by atoms with Gasteiger partial charge in [0, 0.05) is 31.3 Å². The Bertz CT molecular complexity index is 1200. The Labute approximate surface area is 225 Å². The molecule has 2 saturated heterocycles. The molecular weight excluding hydrogens is 480 g/mol. The van der Waals surface area contributed by atoms with Crippen molar-refractivity contribution in [1.29, 1.82) is 0 Å². The zero-order valence-corrected chi connectivity index (χ0v) is 23.3. The van der Waals surface area contributed by atoms with Gasteiger partial charge in [0.15, 0.2) is 0 Å². The molecule has 0 radical (unpaired) electrons. The average Bonchev–Trinajstić information content (AvgIpc) is 3.19. The Morgan fingerprint density at radius 3 is 2.42 bits per heavy atom. The number of carbonyl (C=O) groups excluding carboxylic acids is 3. The summed E-state index contributed by atoms with van der Waals surface area (Å²) in [5.74, 6) is 0.106. The molecule has 2 aliphatic heterocycles. The number of nitrogens with zero attached hydrogens (tertiary/aromatic N) is 3. The third kappa shape index (κ3) is 5.95. The molecule has 38 heavy (non-hydrogen) atoms. The van der Waals surface area contributed by atoms with E-state index in [4.69, 9.17) is 9.84 Å². The van der Waals surface area contributed by atoms with Gasteiger partial charge in [0.1, 0.15) is 5.60 Å². The minimum atomic E-state index is -0.407. The molecule has 2 aromatic rings. The molecule has 1 atom stereocenters. The number of carbonyl (C=O) groups is 3. The number of amides is 2. The number of benzene rings is 1. The van der Waals surface area contributed by atoms with Gasteiger partial charge in [-0.3, -0.25) is 24.4 Å². The molecule has 1 aromatic heterocycles. The van der Waals surface area contributed by atoms with Crippen LogP contribution in [-0.4, -0.2) is 57.2 Å². The van der Waals surface area contributed by atoms with E-state index < -0.39 is 5.60 Å². The van der Waals surface area contributed by atoms with Gasteiger partial charge >= 0.3 is 5.97 Å². The topological polar surface area (TPSA) is 93.5 Å². The summed E-state index contributed by atoms with van der Waals surface area (Å²) in [4.78, 5) is 38.9. The van der Waals surface area contributed by atoms with Crippen molar-refractivity contribution in [3.63, 3.8) is 0 Å². The van der Waals surface area contributed by atoms with E-state index >= 15 is 0 Å². The molecule has 0 bridgehead atoms. The molecule has 1 N–H and O–H groups in total. The van der Waals surface area contributed by atoms with Crippen molar-refractivity contribution in [2.45, 2.75) is 102 Å². The first-order chi connectivity index (χ1) is 18.1. The number of hydrogen-bond donors (Lipinski definition) is 1. The highest BCUT2D eigenvalue weighted by molar-refractivity contribution is 6.02. The summed E-state index contributed by atoms with van der Waals surface area (Å²) in [6.45, 7) is 8.00. The van der Waals surface area contributed by atoms with Crippen LogP contribution in [0.2, 0.25) is 0 Å². The fraction of sp³-hybridized carbons (Fsp3) is 0.667. The Morgan fingerprint density at radius 2 is 1.76 bits per heavy atom. The maximum absolute atomic E-state index is 12.4. The van der Waals surface area contributed by atoms with E-state index in [9.17, 15) is 14.4 Å². The third-order valence-electron chi connectivity index (χ3n) is 8.68. The monoisotopic (exact) mass is 522 g/mol. The third-order valence-corrected chi connectivity index (χ3v) is 8.68. The summed E-state index contributed by atoms with van der Waals surface area (Å²) in [6.07, 6.45) is 8.25. The van der Waals surface area contributed by atoms with Crippen LogP contribution in [0.3, 0.4) is 0 Å². The van der Waals surface area contributed by atoms with Crippen LogP contribution in [0, 0.1) is 5.92 Å². The summed E-state index contributed by atoms with van der Waals surface area (Å²) in [6, 6.07) is 7.21. The van der Waals surface area contributed by atoms with Gasteiger partial charge in [-0.25, -0.2) is 0 Å². The minimum absolute atomic E-state index is 0.0589. The van der Waals surface area contributed by atoms with E-state index in [1.807, 2.05) is 32.5 Å². The van der Waals surface area contributed by atoms with Crippen molar-refractivity contribution in [1.82, 2.24) is 20.0 Å². The largest absolute Gasteiger partial charge is 0.460 e. The highest BCUT2D eigenvalue weighted by Crippen LogP contribution is 2.37. The van der Waals surface area contributed by atoms with Crippen molar-refractivity contribution < 1.29 is 19.1 Å². The highest BCUT2D eigenvalue weighted by Gasteiger charge is 2.33. The van der Waals surface area contributed by atoms with Crippen molar-refractivity contribution in [2.24, 2.45) is 13.0 Å². The number of likely N-dealkylation sites (tertiary alicyclic amines) is 1. The standard InChI is InChI=1S/C30H42N4O4/c1-30(2,3)38-27(36)17-19-5-8-22(9-6-19)34-15-13-20(14-16-34)21-7-10-23-25(18-21)33(4)32-28(23)24-11-12-26(35)31-29(24)37/h7,10,18-20,22,24H,5-6,8-9,11-17H2,1-4H3,(H,31,35,37). The molecule has 3 heterocycles. The molecule has 1 saturated carbocycles. The maximum Gasteiger partial charge on any atom is 0.306 e. The van der Waals surface area contributed by atoms with E-state index in [0.29, 0.717) is 37.1 Å². The number of piperidine rings is 2. The SMILES string of the molecule is Cn1nc(C2CCC(=O)NC2=O)c2ccc(C3CCN(C4CCC(CC(=O)OC(C)(C)C)CC4)CC3)cc21. The fourth-order valence-corrected chi connectivity index (χ4v) is 6.70. The van der Waals surface area contributed by atoms with Crippen LogP contribution in [0.15, 0.2) is 18.2 Å². The van der Waals surface area contributed by atoms with Crippen molar-refractivity contribution >= 4 is 28.7 Å². The first-order valence-electron chi connectivity index (χ1n) is 14.3. The van der Waals surface area contributed by atoms with Crippen molar-refractivity contribution in [3.8, 4) is 0 Å². The molecule has 0 spiro atoms. The number of esters is 1. The van der Waals surface area contributed by atoms with Crippen LogP contribution in [-0.2, 0) is 26.2 Å². The van der Waals surface area contributed by atoms with Gasteiger partial charge in [-0.2, -0.15) is 5.10 Å². The Hall–Kier alpha value is -2.74. The number of aryl methyl sites for hydroxylation is 1. The fourth-order valence-electron chi connectivity index (χ4n) is 6.70. The second kappa shape index (κ2) is 10.8. The molecule has 1 aromatic carbocycles. The van der Waals surface area contributed by atoms with Crippen LogP contribution < -0.4 is 5.32 Å². The summed E-state index contributed by atoms with van der Waals surface area (Å²) in [5.41, 5.74) is 2.76. The summed E-state index contributed by atoms with van der Waals surface area (Å²) in [5, 5.41) is 8.16. The number of nitrogens with one attached hydrogen (secondary N) is 1. The lowest BCUT2D eigenvalue weighted by Crippen LogP contribution is -2.43. The lowest BCUT2D eigenvalue weighted by atomic mass is 9.81. The Morgan fingerprint density at radius 1 is 1.05 bits per heavy atom. The van der Waals surface area contributed by atoms with Gasteiger partial charge in [0.05, 0.1) is 17.1 Å². The predicted octanol–water partition coefficient (Wildman–Crippen LogP) is 4.56. The first-order valence-corrected chi connectivity index (χ1v) is 14.3. The highest BCUT2D eigenvalue weighted by atomic mass is 16.6. The van der Waals surface area contributed by atoms with Gasteiger partial charge in [0.25, 0.3) is 0 Å². The lowest BCUT2D eigenvalue weighted by molar-refractivity contribution is -0.156. The van der Waals surface area contributed by atoms with Gasteiger partial charge in [-0.15, -0.1) is 0 Å². The van der Waals surface area contributed by atoms with E-state index in [-0.39, 0.29) is 23.7 Å².